The number of aromatic nitrogens is 3. The van der Waals surface area contributed by atoms with Crippen molar-refractivity contribution >= 4 is 28.5 Å². The van der Waals surface area contributed by atoms with Gasteiger partial charge in [-0.3, -0.25) is 9.98 Å². The van der Waals surface area contributed by atoms with Crippen molar-refractivity contribution in [1.29, 1.82) is 5.41 Å². The molecule has 3 atom stereocenters. The topological polar surface area (TPSA) is 125 Å². The number of fused-ring (bicyclic) bond motifs is 1. The molecule has 4 aromatic rings. The molecule has 228 valence electrons. The van der Waals surface area contributed by atoms with Gasteiger partial charge in [-0.15, -0.1) is 0 Å². The van der Waals surface area contributed by atoms with Crippen LogP contribution >= 0.6 is 11.6 Å². The van der Waals surface area contributed by atoms with Crippen molar-refractivity contribution in [3.63, 3.8) is 0 Å². The first-order chi connectivity index (χ1) is 20.7. The second-order valence-corrected chi connectivity index (χ2v) is 11.8. The van der Waals surface area contributed by atoms with E-state index in [0.29, 0.717) is 53.6 Å². The van der Waals surface area contributed by atoms with E-state index < -0.39 is 24.2 Å². The van der Waals surface area contributed by atoms with Gasteiger partial charge in [-0.2, -0.15) is 4.98 Å². The van der Waals surface area contributed by atoms with E-state index in [2.05, 4.69) is 20.6 Å². The SMILES string of the molecule is CC(=N)NCC[C@@H]1CCC[C@@H](c2ccc(-n3cc4cc(-c5cc(CCC[C@@H](N)CF)cc(Cl)c5F)[nH]c4nc3=O)cc2)N1. The van der Waals surface area contributed by atoms with Gasteiger partial charge in [-0.25, -0.2) is 13.6 Å². The number of H-pyrrole nitrogens is 1. The molecular weight excluding hydrogens is 572 g/mol. The molecule has 1 aliphatic rings. The number of benzene rings is 2. The van der Waals surface area contributed by atoms with Crippen molar-refractivity contribution in [3.8, 4) is 16.9 Å². The van der Waals surface area contributed by atoms with E-state index in [-0.39, 0.29) is 16.6 Å². The van der Waals surface area contributed by atoms with E-state index in [1.165, 1.54) is 4.57 Å². The van der Waals surface area contributed by atoms with Gasteiger partial charge in [0.05, 0.1) is 22.2 Å². The summed E-state index contributed by atoms with van der Waals surface area (Å²) in [4.78, 5) is 20.3. The van der Waals surface area contributed by atoms with E-state index in [1.807, 2.05) is 24.3 Å². The van der Waals surface area contributed by atoms with Crippen LogP contribution in [0.2, 0.25) is 5.02 Å². The fourth-order valence-corrected chi connectivity index (χ4v) is 6.01. The lowest BCUT2D eigenvalue weighted by atomic mass is 9.92. The summed E-state index contributed by atoms with van der Waals surface area (Å²) in [6, 6.07) is 13.1. The highest BCUT2D eigenvalue weighted by Gasteiger charge is 2.22. The van der Waals surface area contributed by atoms with E-state index in [0.717, 1.165) is 43.4 Å². The predicted molar refractivity (Wildman–Crippen MR) is 169 cm³/mol. The molecule has 8 nitrogen and oxygen atoms in total. The highest BCUT2D eigenvalue weighted by molar-refractivity contribution is 6.31. The van der Waals surface area contributed by atoms with Crippen molar-refractivity contribution in [3.05, 3.63) is 81.1 Å². The monoisotopic (exact) mass is 609 g/mol. The Morgan fingerprint density at radius 3 is 2.79 bits per heavy atom. The fourth-order valence-electron chi connectivity index (χ4n) is 5.77. The van der Waals surface area contributed by atoms with E-state index in [9.17, 15) is 9.18 Å². The maximum Gasteiger partial charge on any atom is 0.354 e. The Hall–Kier alpha value is -3.60. The zero-order chi connectivity index (χ0) is 30.5. The molecule has 1 saturated heterocycles. The molecule has 0 bridgehead atoms. The summed E-state index contributed by atoms with van der Waals surface area (Å²) in [5, 5.41) is 15.0. The van der Waals surface area contributed by atoms with Crippen LogP contribution in [0.15, 0.2) is 53.5 Å². The third-order valence-corrected chi connectivity index (χ3v) is 8.34. The highest BCUT2D eigenvalue weighted by Crippen LogP contribution is 2.32. The Balaban J connectivity index is 1.34. The minimum atomic E-state index is -0.577. The summed E-state index contributed by atoms with van der Waals surface area (Å²) >= 11 is 6.22. The summed E-state index contributed by atoms with van der Waals surface area (Å²) in [5.41, 5.74) is 8.99. The normalized spacial score (nSPS) is 17.7. The van der Waals surface area contributed by atoms with Crippen molar-refractivity contribution in [1.82, 2.24) is 25.2 Å². The molecule has 0 amide bonds. The third-order valence-electron chi connectivity index (χ3n) is 8.06. The quantitative estimate of drug-likeness (QED) is 0.106. The van der Waals surface area contributed by atoms with Gasteiger partial charge in [0, 0.05) is 41.8 Å². The number of aromatic amines is 1. The zero-order valence-electron chi connectivity index (χ0n) is 24.2. The number of rotatable bonds is 11. The molecule has 0 spiro atoms. The van der Waals surface area contributed by atoms with Crippen LogP contribution in [0.1, 0.15) is 62.6 Å². The molecule has 1 fully saturated rings. The van der Waals surface area contributed by atoms with Crippen LogP contribution in [0.25, 0.3) is 28.0 Å². The maximum atomic E-state index is 15.1. The minimum Gasteiger partial charge on any atom is -0.374 e. The van der Waals surface area contributed by atoms with E-state index in [4.69, 9.17) is 22.7 Å². The smallest absolute Gasteiger partial charge is 0.354 e. The largest absolute Gasteiger partial charge is 0.374 e. The average molecular weight is 610 g/mol. The van der Waals surface area contributed by atoms with Gasteiger partial charge in [-0.1, -0.05) is 30.2 Å². The van der Waals surface area contributed by atoms with Crippen LogP contribution in [-0.2, 0) is 6.42 Å². The van der Waals surface area contributed by atoms with Crippen molar-refractivity contribution in [2.24, 2.45) is 5.73 Å². The van der Waals surface area contributed by atoms with Gasteiger partial charge in [0.2, 0.25) is 0 Å². The second kappa shape index (κ2) is 13.8. The first-order valence-electron chi connectivity index (χ1n) is 14.8. The summed E-state index contributed by atoms with van der Waals surface area (Å²) < 4.78 is 29.3. The number of amidine groups is 1. The molecule has 43 heavy (non-hydrogen) atoms. The number of nitrogens with zero attached hydrogens (tertiary/aromatic N) is 2. The number of halogens is 3. The average Bonchev–Trinajstić information content (AvgIpc) is 3.41. The number of nitrogens with two attached hydrogens (primary N) is 1. The van der Waals surface area contributed by atoms with Crippen LogP contribution in [0.4, 0.5) is 8.78 Å². The lowest BCUT2D eigenvalue weighted by Crippen LogP contribution is -2.39. The molecular formula is C32H38ClF2N7O. The molecule has 1 aliphatic heterocycles. The van der Waals surface area contributed by atoms with Crippen molar-refractivity contribution < 1.29 is 8.78 Å². The Kier molecular flexibility index (Phi) is 9.90. The van der Waals surface area contributed by atoms with E-state index in [1.54, 1.807) is 31.3 Å². The van der Waals surface area contributed by atoms with E-state index >= 15 is 4.39 Å². The standard InChI is InChI=1S/C32H38ClF2N7O/c1-19(36)38-13-12-24-6-3-7-28(39-24)21-8-10-25(11-9-21)42-18-22-16-29(40-31(22)41-32(42)43)26-14-20(15-27(33)30(26)35)4-2-5-23(37)17-34/h8-11,14-16,18,23-24,28,39H,2-7,12-13,17,37H2,1H3,(H2,36,38)(H,40,41,43)/t23-,24+,28+/m1/s1. The molecule has 0 radical (unpaired) electrons. The van der Waals surface area contributed by atoms with Crippen LogP contribution in [-0.4, -0.2) is 45.7 Å². The van der Waals surface area contributed by atoms with Gasteiger partial charge in [0.25, 0.3) is 0 Å². The molecule has 6 N–H and O–H groups in total. The van der Waals surface area contributed by atoms with Crippen LogP contribution in [0.5, 0.6) is 0 Å². The number of aryl methyl sites for hydroxylation is 1. The first-order valence-corrected chi connectivity index (χ1v) is 15.2. The second-order valence-electron chi connectivity index (χ2n) is 11.4. The predicted octanol–water partition coefficient (Wildman–Crippen LogP) is 5.95. The molecule has 0 saturated carbocycles. The fraction of sp³-hybridized carbons (Fsp3) is 0.406. The first kappa shape index (κ1) is 30.8. The maximum absolute atomic E-state index is 15.1. The highest BCUT2D eigenvalue weighted by atomic mass is 35.5. The van der Waals surface area contributed by atoms with Crippen molar-refractivity contribution in [2.75, 3.05) is 13.2 Å². The molecule has 0 aliphatic carbocycles. The third kappa shape index (κ3) is 7.49. The number of piperidine rings is 1. The molecule has 0 unspecified atom stereocenters. The summed E-state index contributed by atoms with van der Waals surface area (Å²) in [5.74, 6) is -0.0841. The molecule has 2 aromatic heterocycles. The number of hydrogen-bond donors (Lipinski definition) is 5. The van der Waals surface area contributed by atoms with Crippen LogP contribution in [0, 0.1) is 11.2 Å². The number of alkyl halides is 1. The van der Waals surface area contributed by atoms with Crippen LogP contribution in [0.3, 0.4) is 0 Å². The van der Waals surface area contributed by atoms with Gasteiger partial charge >= 0.3 is 5.69 Å². The number of nitrogens with one attached hydrogen (secondary N) is 4. The number of hydrogen-bond acceptors (Lipinski definition) is 5. The van der Waals surface area contributed by atoms with Crippen molar-refractivity contribution in [2.45, 2.75) is 70.0 Å². The Labute approximate surface area is 254 Å². The van der Waals surface area contributed by atoms with Gasteiger partial charge in [-0.05, 0) is 86.9 Å². The summed E-state index contributed by atoms with van der Waals surface area (Å²) in [6.07, 6.45) is 7.70. The zero-order valence-corrected chi connectivity index (χ0v) is 25.0. The van der Waals surface area contributed by atoms with Gasteiger partial charge < -0.3 is 21.4 Å². The summed E-state index contributed by atoms with van der Waals surface area (Å²) in [6.45, 7) is 1.95. The molecule has 2 aromatic carbocycles. The van der Waals surface area contributed by atoms with Crippen LogP contribution < -0.4 is 22.1 Å². The Morgan fingerprint density at radius 2 is 2.05 bits per heavy atom. The summed E-state index contributed by atoms with van der Waals surface area (Å²) in [7, 11) is 0. The molecule has 5 rings (SSSR count). The van der Waals surface area contributed by atoms with Gasteiger partial charge in [0.1, 0.15) is 12.3 Å². The molecule has 3 heterocycles. The lowest BCUT2D eigenvalue weighted by molar-refractivity contribution is 0.312. The Morgan fingerprint density at radius 1 is 1.26 bits per heavy atom. The lowest BCUT2D eigenvalue weighted by Gasteiger charge is -2.31. The molecule has 11 heteroatoms. The Bertz CT molecular complexity index is 1640. The minimum absolute atomic E-state index is 0.00882. The van der Waals surface area contributed by atoms with Gasteiger partial charge in [0.15, 0.2) is 5.82 Å².